The van der Waals surface area contributed by atoms with Crippen LogP contribution in [0.1, 0.15) is 4.88 Å². The van der Waals surface area contributed by atoms with Gasteiger partial charge in [-0.2, -0.15) is 5.26 Å². The maximum absolute atomic E-state index is 11.2. The summed E-state index contributed by atoms with van der Waals surface area (Å²) in [5, 5.41) is 12.7. The molecule has 2 N–H and O–H groups in total. The largest absolute Gasteiger partial charge is 0.343 e. The van der Waals surface area contributed by atoms with Crippen molar-refractivity contribution in [3.8, 4) is 6.07 Å². The molecule has 1 rings (SSSR count). The van der Waals surface area contributed by atoms with Gasteiger partial charge >= 0.3 is 11.8 Å². The minimum absolute atomic E-state index is 0.183. The number of hydrogen-bond donors (Lipinski definition) is 2. The average molecular weight is 258 g/mol. The van der Waals surface area contributed by atoms with E-state index in [0.29, 0.717) is 4.34 Å². The summed E-state index contributed by atoms with van der Waals surface area (Å²) in [6.07, 6.45) is 0. The molecule has 7 heteroatoms. The van der Waals surface area contributed by atoms with Gasteiger partial charge in [-0.3, -0.25) is 9.59 Å². The monoisotopic (exact) mass is 257 g/mol. The second kappa shape index (κ2) is 6.10. The van der Waals surface area contributed by atoms with Crippen LogP contribution in [0.15, 0.2) is 12.1 Å². The number of halogens is 1. The van der Waals surface area contributed by atoms with Crippen LogP contribution in [0.25, 0.3) is 0 Å². The standard InChI is InChI=1S/C9H8ClN3O2S/c10-7-2-1-6(16-7)5-13-9(15)8(14)12-4-3-11/h1-2H,4-5H2,(H,12,14)(H,13,15). The zero-order valence-electron chi connectivity index (χ0n) is 8.12. The van der Waals surface area contributed by atoms with Crippen molar-refractivity contribution in [3.63, 3.8) is 0 Å². The van der Waals surface area contributed by atoms with E-state index < -0.39 is 11.8 Å². The van der Waals surface area contributed by atoms with E-state index in [2.05, 4.69) is 10.6 Å². The lowest BCUT2D eigenvalue weighted by Gasteiger charge is -2.02. The van der Waals surface area contributed by atoms with Crippen molar-refractivity contribution in [1.29, 1.82) is 5.26 Å². The first kappa shape index (κ1) is 12.5. The smallest absolute Gasteiger partial charge is 0.310 e. The van der Waals surface area contributed by atoms with Gasteiger partial charge in [-0.15, -0.1) is 11.3 Å². The summed E-state index contributed by atoms with van der Waals surface area (Å²) in [4.78, 5) is 23.1. The Hall–Kier alpha value is -1.58. The average Bonchev–Trinajstić information content (AvgIpc) is 2.68. The van der Waals surface area contributed by atoms with Gasteiger partial charge in [-0.25, -0.2) is 0 Å². The summed E-state index contributed by atoms with van der Waals surface area (Å²) in [5.74, 6) is -1.58. The molecule has 1 aromatic heterocycles. The summed E-state index contributed by atoms with van der Waals surface area (Å²) in [6, 6.07) is 5.18. The Morgan fingerprint density at radius 3 is 2.62 bits per heavy atom. The van der Waals surface area contributed by atoms with E-state index in [4.69, 9.17) is 16.9 Å². The van der Waals surface area contributed by atoms with E-state index in [1.54, 1.807) is 18.2 Å². The van der Waals surface area contributed by atoms with Crippen molar-refractivity contribution in [2.24, 2.45) is 0 Å². The molecule has 0 aliphatic heterocycles. The molecule has 0 fully saturated rings. The summed E-state index contributed by atoms with van der Waals surface area (Å²) < 4.78 is 0.623. The lowest BCUT2D eigenvalue weighted by atomic mass is 10.4. The molecule has 0 aliphatic carbocycles. The van der Waals surface area contributed by atoms with Crippen molar-refractivity contribution in [3.05, 3.63) is 21.3 Å². The SMILES string of the molecule is N#CCNC(=O)C(=O)NCc1ccc(Cl)s1. The molecule has 0 atom stereocenters. The number of thiophene rings is 1. The van der Waals surface area contributed by atoms with Gasteiger partial charge in [0.05, 0.1) is 17.0 Å². The number of nitriles is 1. The first-order chi connectivity index (χ1) is 7.63. The fourth-order valence-electron chi connectivity index (χ4n) is 0.895. The highest BCUT2D eigenvalue weighted by atomic mass is 35.5. The van der Waals surface area contributed by atoms with Gasteiger partial charge in [0.15, 0.2) is 0 Å². The molecule has 5 nitrogen and oxygen atoms in total. The molecule has 0 spiro atoms. The molecular weight excluding hydrogens is 250 g/mol. The van der Waals surface area contributed by atoms with Crippen LogP contribution in [0.3, 0.4) is 0 Å². The molecule has 1 aromatic rings. The zero-order valence-corrected chi connectivity index (χ0v) is 9.69. The minimum Gasteiger partial charge on any atom is -0.343 e. The predicted octanol–water partition coefficient (Wildman–Crippen LogP) is 0.657. The highest BCUT2D eigenvalue weighted by Gasteiger charge is 2.12. The Balaban J connectivity index is 2.35. The lowest BCUT2D eigenvalue weighted by molar-refractivity contribution is -0.139. The Labute approximate surface area is 101 Å². The Bertz CT molecular complexity index is 438. The fourth-order valence-corrected chi connectivity index (χ4v) is 1.92. The van der Waals surface area contributed by atoms with Crippen LogP contribution in [0, 0.1) is 11.3 Å². The summed E-state index contributed by atoms with van der Waals surface area (Å²) in [7, 11) is 0. The van der Waals surface area contributed by atoms with E-state index >= 15 is 0 Å². The molecule has 1 heterocycles. The van der Waals surface area contributed by atoms with Gasteiger partial charge in [0.25, 0.3) is 0 Å². The molecule has 2 amide bonds. The molecular formula is C9H8ClN3O2S. The van der Waals surface area contributed by atoms with Crippen LogP contribution >= 0.6 is 22.9 Å². The number of nitrogens with zero attached hydrogens (tertiary/aromatic N) is 1. The number of carbonyl (C=O) groups excluding carboxylic acids is 2. The third-order valence-corrected chi connectivity index (χ3v) is 2.82. The molecule has 0 saturated heterocycles. The van der Waals surface area contributed by atoms with Gasteiger partial charge in [0.1, 0.15) is 6.54 Å². The van der Waals surface area contributed by atoms with Gasteiger partial charge in [-0.1, -0.05) is 11.6 Å². The number of amides is 2. The highest BCUT2D eigenvalue weighted by Crippen LogP contribution is 2.20. The molecule has 0 saturated carbocycles. The molecule has 0 bridgehead atoms. The highest BCUT2D eigenvalue weighted by molar-refractivity contribution is 7.16. The van der Waals surface area contributed by atoms with E-state index in [-0.39, 0.29) is 13.1 Å². The first-order valence-electron chi connectivity index (χ1n) is 4.30. The van der Waals surface area contributed by atoms with E-state index in [0.717, 1.165) is 4.88 Å². The van der Waals surface area contributed by atoms with Crippen molar-refractivity contribution >= 4 is 34.8 Å². The number of hydrogen-bond acceptors (Lipinski definition) is 4. The lowest BCUT2D eigenvalue weighted by Crippen LogP contribution is -2.39. The van der Waals surface area contributed by atoms with Crippen LogP contribution in [-0.4, -0.2) is 18.4 Å². The van der Waals surface area contributed by atoms with Crippen LogP contribution < -0.4 is 10.6 Å². The number of nitrogens with one attached hydrogen (secondary N) is 2. The zero-order chi connectivity index (χ0) is 12.0. The van der Waals surface area contributed by atoms with E-state index in [1.807, 2.05) is 0 Å². The molecule has 0 aliphatic rings. The van der Waals surface area contributed by atoms with Crippen molar-refractivity contribution < 1.29 is 9.59 Å². The van der Waals surface area contributed by atoms with Gasteiger partial charge in [0, 0.05) is 4.88 Å². The molecule has 84 valence electrons. The summed E-state index contributed by atoms with van der Waals surface area (Å²) >= 11 is 7.02. The Morgan fingerprint density at radius 2 is 2.06 bits per heavy atom. The van der Waals surface area contributed by atoms with Crippen LogP contribution in [-0.2, 0) is 16.1 Å². The van der Waals surface area contributed by atoms with Crippen LogP contribution in [0.5, 0.6) is 0 Å². The normalized spacial score (nSPS) is 9.25. The molecule has 0 unspecified atom stereocenters. The quantitative estimate of drug-likeness (QED) is 0.616. The third-order valence-electron chi connectivity index (χ3n) is 1.59. The van der Waals surface area contributed by atoms with Crippen molar-refractivity contribution in [2.75, 3.05) is 6.54 Å². The van der Waals surface area contributed by atoms with E-state index in [1.165, 1.54) is 11.3 Å². The van der Waals surface area contributed by atoms with Crippen LogP contribution in [0.2, 0.25) is 4.34 Å². The molecule has 0 radical (unpaired) electrons. The topological polar surface area (TPSA) is 82.0 Å². The fraction of sp³-hybridized carbons (Fsp3) is 0.222. The number of rotatable bonds is 3. The summed E-state index contributed by atoms with van der Waals surface area (Å²) in [6.45, 7) is 0.0628. The Kier molecular flexibility index (Phi) is 4.76. The molecule has 0 aromatic carbocycles. The molecule has 16 heavy (non-hydrogen) atoms. The van der Waals surface area contributed by atoms with Crippen molar-refractivity contribution in [2.45, 2.75) is 6.54 Å². The van der Waals surface area contributed by atoms with Crippen molar-refractivity contribution in [1.82, 2.24) is 10.6 Å². The second-order valence-corrected chi connectivity index (χ2v) is 4.53. The maximum atomic E-state index is 11.2. The summed E-state index contributed by atoms with van der Waals surface area (Å²) in [5.41, 5.74) is 0. The first-order valence-corrected chi connectivity index (χ1v) is 5.50. The predicted molar refractivity (Wildman–Crippen MR) is 59.8 cm³/mol. The van der Waals surface area contributed by atoms with Crippen LogP contribution in [0.4, 0.5) is 0 Å². The van der Waals surface area contributed by atoms with E-state index in [9.17, 15) is 9.59 Å². The number of carbonyl (C=O) groups is 2. The van der Waals surface area contributed by atoms with Gasteiger partial charge < -0.3 is 10.6 Å². The van der Waals surface area contributed by atoms with Gasteiger partial charge in [0.2, 0.25) is 0 Å². The van der Waals surface area contributed by atoms with Gasteiger partial charge in [-0.05, 0) is 12.1 Å². The minimum atomic E-state index is -0.816. The Morgan fingerprint density at radius 1 is 1.38 bits per heavy atom. The second-order valence-electron chi connectivity index (χ2n) is 2.73. The maximum Gasteiger partial charge on any atom is 0.310 e. The third kappa shape index (κ3) is 3.88.